The standard InChI is InChI=1S/C18H23ClN4O2S2/c19-17-5-3-15(26-17)14-21-9-11-22(12-10-21)18-6-4-16(13-20-18)27(24,25)23-7-1-2-8-23/h3-6,13H,1-2,7-12,14H2. The third-order valence-electron chi connectivity index (χ3n) is 5.13. The Balaban J connectivity index is 1.36. The van der Waals surface area contributed by atoms with Crippen molar-refractivity contribution in [2.24, 2.45) is 0 Å². The molecule has 0 N–H and O–H groups in total. The van der Waals surface area contributed by atoms with Crippen molar-refractivity contribution in [1.29, 1.82) is 0 Å². The number of piperazine rings is 1. The molecule has 2 aromatic heterocycles. The Morgan fingerprint density at radius 1 is 1.00 bits per heavy atom. The van der Waals surface area contributed by atoms with Crippen LogP contribution in [-0.2, 0) is 16.6 Å². The molecular weight excluding hydrogens is 404 g/mol. The maximum absolute atomic E-state index is 12.6. The van der Waals surface area contributed by atoms with Crippen molar-refractivity contribution >= 4 is 38.8 Å². The molecule has 4 heterocycles. The summed E-state index contributed by atoms with van der Waals surface area (Å²) in [7, 11) is -3.39. The summed E-state index contributed by atoms with van der Waals surface area (Å²) in [5, 5.41) is 0. The second kappa shape index (κ2) is 8.05. The number of sulfonamides is 1. The van der Waals surface area contributed by atoms with E-state index >= 15 is 0 Å². The predicted octanol–water partition coefficient (Wildman–Crippen LogP) is 2.90. The van der Waals surface area contributed by atoms with Crippen LogP contribution in [0.1, 0.15) is 17.7 Å². The van der Waals surface area contributed by atoms with Crippen LogP contribution in [-0.4, -0.2) is 61.9 Å². The van der Waals surface area contributed by atoms with Gasteiger partial charge in [-0.3, -0.25) is 4.90 Å². The molecule has 0 unspecified atom stereocenters. The molecule has 0 aliphatic carbocycles. The van der Waals surface area contributed by atoms with Gasteiger partial charge < -0.3 is 4.90 Å². The molecule has 2 aromatic rings. The summed E-state index contributed by atoms with van der Waals surface area (Å²) in [6.07, 6.45) is 3.38. The molecule has 9 heteroatoms. The van der Waals surface area contributed by atoms with Crippen molar-refractivity contribution in [3.05, 3.63) is 39.7 Å². The van der Waals surface area contributed by atoms with Gasteiger partial charge >= 0.3 is 0 Å². The maximum atomic E-state index is 12.6. The van der Waals surface area contributed by atoms with E-state index in [2.05, 4.69) is 20.9 Å². The monoisotopic (exact) mass is 426 g/mol. The summed E-state index contributed by atoms with van der Waals surface area (Å²) < 4.78 is 27.6. The van der Waals surface area contributed by atoms with E-state index in [1.54, 1.807) is 21.7 Å². The van der Waals surface area contributed by atoms with Crippen LogP contribution in [0.2, 0.25) is 4.34 Å². The van der Waals surface area contributed by atoms with Gasteiger partial charge in [0.05, 0.1) is 4.34 Å². The molecule has 6 nitrogen and oxygen atoms in total. The van der Waals surface area contributed by atoms with E-state index < -0.39 is 10.0 Å². The predicted molar refractivity (Wildman–Crippen MR) is 109 cm³/mol. The van der Waals surface area contributed by atoms with Gasteiger partial charge in [-0.25, -0.2) is 13.4 Å². The summed E-state index contributed by atoms with van der Waals surface area (Å²) in [5.41, 5.74) is 0. The van der Waals surface area contributed by atoms with Crippen molar-refractivity contribution in [1.82, 2.24) is 14.2 Å². The molecule has 0 atom stereocenters. The van der Waals surface area contributed by atoms with E-state index in [1.165, 1.54) is 11.1 Å². The molecule has 0 bridgehead atoms. The van der Waals surface area contributed by atoms with Gasteiger partial charge in [0.1, 0.15) is 10.7 Å². The first-order valence-electron chi connectivity index (χ1n) is 9.20. The average molecular weight is 427 g/mol. The summed E-state index contributed by atoms with van der Waals surface area (Å²) in [6.45, 7) is 5.80. The smallest absolute Gasteiger partial charge is 0.244 e. The number of halogens is 1. The quantitative estimate of drug-likeness (QED) is 0.735. The molecule has 0 aromatic carbocycles. The van der Waals surface area contributed by atoms with Crippen molar-refractivity contribution in [3.8, 4) is 0 Å². The molecule has 0 radical (unpaired) electrons. The van der Waals surface area contributed by atoms with Gasteiger partial charge in [-0.2, -0.15) is 4.31 Å². The molecule has 27 heavy (non-hydrogen) atoms. The Morgan fingerprint density at radius 3 is 2.33 bits per heavy atom. The Kier molecular flexibility index (Phi) is 5.70. The largest absolute Gasteiger partial charge is 0.354 e. The van der Waals surface area contributed by atoms with Crippen molar-refractivity contribution in [3.63, 3.8) is 0 Å². The minimum Gasteiger partial charge on any atom is -0.354 e. The average Bonchev–Trinajstić information content (AvgIpc) is 3.35. The van der Waals surface area contributed by atoms with Gasteiger partial charge in [0.2, 0.25) is 10.0 Å². The number of pyridine rings is 1. The van der Waals surface area contributed by atoms with Crippen molar-refractivity contribution in [2.75, 3.05) is 44.2 Å². The molecule has 0 amide bonds. The van der Waals surface area contributed by atoms with Gasteiger partial charge in [-0.1, -0.05) is 11.6 Å². The number of aromatic nitrogens is 1. The molecule has 2 aliphatic heterocycles. The lowest BCUT2D eigenvalue weighted by Gasteiger charge is -2.35. The summed E-state index contributed by atoms with van der Waals surface area (Å²) in [6, 6.07) is 7.55. The fourth-order valence-electron chi connectivity index (χ4n) is 3.58. The van der Waals surface area contributed by atoms with Crippen molar-refractivity contribution in [2.45, 2.75) is 24.3 Å². The number of hydrogen-bond acceptors (Lipinski definition) is 6. The topological polar surface area (TPSA) is 56.8 Å². The number of rotatable bonds is 5. The minimum atomic E-state index is -3.39. The molecule has 146 valence electrons. The van der Waals surface area contributed by atoms with E-state index in [0.29, 0.717) is 18.0 Å². The van der Waals surface area contributed by atoms with Crippen LogP contribution in [0.5, 0.6) is 0 Å². The van der Waals surface area contributed by atoms with E-state index in [0.717, 1.165) is 55.7 Å². The van der Waals surface area contributed by atoms with Crippen molar-refractivity contribution < 1.29 is 8.42 Å². The van der Waals surface area contributed by atoms with E-state index in [4.69, 9.17) is 11.6 Å². The first-order valence-corrected chi connectivity index (χ1v) is 11.8. The van der Waals surface area contributed by atoms with Crippen LogP contribution in [0.25, 0.3) is 0 Å². The summed E-state index contributed by atoms with van der Waals surface area (Å²) in [4.78, 5) is 10.6. The molecular formula is C18H23ClN4O2S2. The van der Waals surface area contributed by atoms with E-state index in [-0.39, 0.29) is 0 Å². The highest BCUT2D eigenvalue weighted by atomic mass is 35.5. The van der Waals surface area contributed by atoms with Gasteiger partial charge in [-0.05, 0) is 37.1 Å². The molecule has 0 spiro atoms. The Hall–Kier alpha value is -1.19. The van der Waals surface area contributed by atoms with Gasteiger partial charge in [-0.15, -0.1) is 11.3 Å². The Labute approximate surface area is 169 Å². The second-order valence-electron chi connectivity index (χ2n) is 6.93. The van der Waals surface area contributed by atoms with E-state index in [1.807, 2.05) is 12.1 Å². The second-order valence-corrected chi connectivity index (χ2v) is 10.7. The number of hydrogen-bond donors (Lipinski definition) is 0. The molecule has 2 saturated heterocycles. The lowest BCUT2D eigenvalue weighted by atomic mass is 10.3. The maximum Gasteiger partial charge on any atom is 0.244 e. The number of thiophene rings is 1. The zero-order valence-electron chi connectivity index (χ0n) is 15.1. The fraction of sp³-hybridized carbons (Fsp3) is 0.500. The summed E-state index contributed by atoms with van der Waals surface area (Å²) >= 11 is 7.63. The highest BCUT2D eigenvalue weighted by Gasteiger charge is 2.27. The van der Waals surface area contributed by atoms with Crippen LogP contribution in [0.4, 0.5) is 5.82 Å². The third kappa shape index (κ3) is 4.30. The van der Waals surface area contributed by atoms with Gasteiger partial charge in [0, 0.05) is 56.9 Å². The van der Waals surface area contributed by atoms with Crippen LogP contribution in [0.15, 0.2) is 35.4 Å². The number of nitrogens with zero attached hydrogens (tertiary/aromatic N) is 4. The lowest BCUT2D eigenvalue weighted by Crippen LogP contribution is -2.46. The first kappa shape index (κ1) is 19.1. The Bertz CT molecular complexity index is 871. The zero-order valence-corrected chi connectivity index (χ0v) is 17.4. The van der Waals surface area contributed by atoms with E-state index in [9.17, 15) is 8.42 Å². The third-order valence-corrected chi connectivity index (χ3v) is 8.23. The lowest BCUT2D eigenvalue weighted by molar-refractivity contribution is 0.251. The normalized spacial score (nSPS) is 19.7. The van der Waals surface area contributed by atoms with Crippen LogP contribution in [0.3, 0.4) is 0 Å². The van der Waals surface area contributed by atoms with Crippen LogP contribution >= 0.6 is 22.9 Å². The highest BCUT2D eigenvalue weighted by molar-refractivity contribution is 7.89. The van der Waals surface area contributed by atoms with Gasteiger partial charge in [0.15, 0.2) is 0 Å². The van der Waals surface area contributed by atoms with Crippen LogP contribution < -0.4 is 4.90 Å². The summed E-state index contributed by atoms with van der Waals surface area (Å²) in [5.74, 6) is 0.842. The zero-order chi connectivity index (χ0) is 18.9. The molecule has 0 saturated carbocycles. The first-order chi connectivity index (χ1) is 13.0. The number of anilines is 1. The molecule has 2 fully saturated rings. The molecule has 4 rings (SSSR count). The van der Waals surface area contributed by atoms with Gasteiger partial charge in [0.25, 0.3) is 0 Å². The minimum absolute atomic E-state index is 0.293. The SMILES string of the molecule is O=S(=O)(c1ccc(N2CCN(Cc3ccc(Cl)s3)CC2)nc1)N1CCCC1. The van der Waals surface area contributed by atoms with Crippen LogP contribution in [0, 0.1) is 0 Å². The Morgan fingerprint density at radius 2 is 1.74 bits per heavy atom. The highest BCUT2D eigenvalue weighted by Crippen LogP contribution is 2.25. The fourth-order valence-corrected chi connectivity index (χ4v) is 6.17. The molecule has 2 aliphatic rings.